The summed E-state index contributed by atoms with van der Waals surface area (Å²) in [6.07, 6.45) is 0. The summed E-state index contributed by atoms with van der Waals surface area (Å²) < 4.78 is 4.99. The first-order chi connectivity index (χ1) is 11.7. The molecule has 0 saturated carbocycles. The van der Waals surface area contributed by atoms with E-state index in [1.807, 2.05) is 23.6 Å². The molecule has 0 aliphatic rings. The highest BCUT2D eigenvalue weighted by molar-refractivity contribution is 7.13. The second-order valence-corrected chi connectivity index (χ2v) is 5.74. The average Bonchev–Trinajstić information content (AvgIpc) is 3.22. The molecule has 1 aromatic carbocycles. The van der Waals surface area contributed by atoms with Crippen molar-refractivity contribution in [3.05, 3.63) is 41.2 Å². The van der Waals surface area contributed by atoms with Gasteiger partial charge in [-0.1, -0.05) is 17.3 Å². The lowest BCUT2D eigenvalue weighted by Gasteiger charge is -2.09. The van der Waals surface area contributed by atoms with Gasteiger partial charge in [-0.25, -0.2) is 9.78 Å². The Labute approximate surface area is 142 Å². The number of thiazole rings is 1. The number of benzene rings is 1. The molecule has 3 aromatic rings. The summed E-state index contributed by atoms with van der Waals surface area (Å²) in [5.74, 6) is 0.898. The molecule has 8 nitrogen and oxygen atoms in total. The van der Waals surface area contributed by atoms with Crippen molar-refractivity contribution in [2.75, 3.05) is 17.7 Å². The first-order valence-electron chi connectivity index (χ1n) is 7.22. The van der Waals surface area contributed by atoms with Crippen molar-refractivity contribution >= 4 is 28.2 Å². The number of aromatic nitrogens is 3. The van der Waals surface area contributed by atoms with Gasteiger partial charge in [-0.05, 0) is 12.1 Å². The number of hydrogen-bond acceptors (Lipinski definition) is 7. The predicted molar refractivity (Wildman–Crippen MR) is 92.0 cm³/mol. The Morgan fingerprint density at radius 1 is 1.29 bits per heavy atom. The third-order valence-corrected chi connectivity index (χ3v) is 4.05. The first-order valence-corrected chi connectivity index (χ1v) is 8.10. The Kier molecular flexibility index (Phi) is 4.71. The van der Waals surface area contributed by atoms with E-state index in [1.165, 1.54) is 11.3 Å². The molecule has 0 atom stereocenters. The molecule has 3 rings (SSSR count). The van der Waals surface area contributed by atoms with Crippen molar-refractivity contribution in [3.63, 3.8) is 0 Å². The minimum atomic E-state index is -0.332. The highest BCUT2D eigenvalue weighted by Crippen LogP contribution is 2.25. The second kappa shape index (κ2) is 7.09. The lowest BCUT2D eigenvalue weighted by molar-refractivity contribution is 0.251. The van der Waals surface area contributed by atoms with E-state index in [2.05, 4.69) is 31.1 Å². The highest BCUT2D eigenvalue weighted by atomic mass is 32.1. The lowest BCUT2D eigenvalue weighted by Crippen LogP contribution is -2.28. The van der Waals surface area contributed by atoms with E-state index in [4.69, 9.17) is 4.52 Å². The molecule has 0 spiro atoms. The average molecular weight is 344 g/mol. The van der Waals surface area contributed by atoms with E-state index in [-0.39, 0.29) is 6.03 Å². The van der Waals surface area contributed by atoms with Crippen LogP contribution >= 0.6 is 11.3 Å². The molecule has 124 valence electrons. The SMILES string of the molecule is CNc1nc(CNC(=O)Nc2ccccc2-c2noc(C)n2)cs1. The normalized spacial score (nSPS) is 10.4. The molecule has 0 saturated heterocycles. The number of carbonyl (C=O) groups excluding carboxylic acids is 1. The van der Waals surface area contributed by atoms with Gasteiger partial charge in [-0.15, -0.1) is 11.3 Å². The molecule has 2 amide bonds. The van der Waals surface area contributed by atoms with Gasteiger partial charge < -0.3 is 20.5 Å². The molecule has 0 aliphatic carbocycles. The predicted octanol–water partition coefficient (Wildman–Crippen LogP) is 2.86. The fraction of sp³-hybridized carbons (Fsp3) is 0.200. The molecular weight excluding hydrogens is 328 g/mol. The van der Waals surface area contributed by atoms with E-state index >= 15 is 0 Å². The van der Waals surface area contributed by atoms with E-state index in [0.717, 1.165) is 10.8 Å². The lowest BCUT2D eigenvalue weighted by atomic mass is 10.1. The number of rotatable bonds is 5. The molecule has 0 radical (unpaired) electrons. The summed E-state index contributed by atoms with van der Waals surface area (Å²) in [5.41, 5.74) is 2.09. The third-order valence-electron chi connectivity index (χ3n) is 3.14. The van der Waals surface area contributed by atoms with E-state index in [1.54, 1.807) is 20.0 Å². The van der Waals surface area contributed by atoms with Crippen LogP contribution in [0.5, 0.6) is 0 Å². The quantitative estimate of drug-likeness (QED) is 0.657. The number of aryl methyl sites for hydroxylation is 1. The van der Waals surface area contributed by atoms with E-state index < -0.39 is 0 Å². The van der Waals surface area contributed by atoms with Gasteiger partial charge >= 0.3 is 6.03 Å². The van der Waals surface area contributed by atoms with Gasteiger partial charge in [0, 0.05) is 24.9 Å². The second-order valence-electron chi connectivity index (χ2n) is 4.88. The zero-order valence-corrected chi connectivity index (χ0v) is 14.0. The molecule has 24 heavy (non-hydrogen) atoms. The van der Waals surface area contributed by atoms with Gasteiger partial charge in [0.05, 0.1) is 17.9 Å². The number of nitrogens with one attached hydrogen (secondary N) is 3. The molecule has 0 unspecified atom stereocenters. The van der Waals surface area contributed by atoms with Gasteiger partial charge in [0.25, 0.3) is 0 Å². The number of carbonyl (C=O) groups is 1. The van der Waals surface area contributed by atoms with Crippen molar-refractivity contribution in [1.82, 2.24) is 20.4 Å². The van der Waals surface area contributed by atoms with E-state index in [9.17, 15) is 4.79 Å². The number of urea groups is 1. The van der Waals surface area contributed by atoms with Crippen LogP contribution < -0.4 is 16.0 Å². The molecule has 2 heterocycles. The molecular formula is C15H16N6O2S. The number of anilines is 2. The molecule has 3 N–H and O–H groups in total. The van der Waals surface area contributed by atoms with Crippen LogP contribution in [-0.2, 0) is 6.54 Å². The Hall–Kier alpha value is -2.94. The molecule has 9 heteroatoms. The third kappa shape index (κ3) is 3.69. The Morgan fingerprint density at radius 2 is 2.12 bits per heavy atom. The Balaban J connectivity index is 1.66. The van der Waals surface area contributed by atoms with Crippen molar-refractivity contribution in [1.29, 1.82) is 0 Å². The van der Waals surface area contributed by atoms with Crippen LogP contribution in [-0.4, -0.2) is 28.2 Å². The highest BCUT2D eigenvalue weighted by Gasteiger charge is 2.12. The number of para-hydroxylation sites is 1. The standard InChI is InChI=1S/C15H16N6O2S/c1-9-18-13(21-23-9)11-5-3-4-6-12(11)20-14(22)17-7-10-8-24-15(16-2)19-10/h3-6,8H,7H2,1-2H3,(H,16,19)(H2,17,20,22). The number of hydrogen-bond donors (Lipinski definition) is 3. The molecule has 0 fully saturated rings. The van der Waals surface area contributed by atoms with Crippen molar-refractivity contribution in [2.45, 2.75) is 13.5 Å². The summed E-state index contributed by atoms with van der Waals surface area (Å²) in [5, 5.41) is 15.1. The van der Waals surface area contributed by atoms with Crippen LogP contribution in [0.3, 0.4) is 0 Å². The summed E-state index contributed by atoms with van der Waals surface area (Å²) in [7, 11) is 1.80. The minimum absolute atomic E-state index is 0.332. The Bertz CT molecular complexity index is 844. The topological polar surface area (TPSA) is 105 Å². The fourth-order valence-corrected chi connectivity index (χ4v) is 2.71. The van der Waals surface area contributed by atoms with Crippen LogP contribution in [0.1, 0.15) is 11.6 Å². The number of nitrogens with zero attached hydrogens (tertiary/aromatic N) is 3. The van der Waals surface area contributed by atoms with Gasteiger partial charge in [0.15, 0.2) is 5.13 Å². The van der Waals surface area contributed by atoms with Crippen LogP contribution in [0.15, 0.2) is 34.2 Å². The van der Waals surface area contributed by atoms with Crippen LogP contribution in [0.25, 0.3) is 11.4 Å². The van der Waals surface area contributed by atoms with Gasteiger partial charge in [0.1, 0.15) is 0 Å². The Morgan fingerprint density at radius 3 is 2.83 bits per heavy atom. The summed E-state index contributed by atoms with van der Waals surface area (Å²) in [4.78, 5) is 20.6. The van der Waals surface area contributed by atoms with Gasteiger partial charge in [0.2, 0.25) is 11.7 Å². The van der Waals surface area contributed by atoms with Crippen LogP contribution in [0.2, 0.25) is 0 Å². The van der Waals surface area contributed by atoms with E-state index in [0.29, 0.717) is 29.5 Å². The number of amides is 2. The fourth-order valence-electron chi connectivity index (χ4n) is 2.04. The monoisotopic (exact) mass is 344 g/mol. The zero-order chi connectivity index (χ0) is 16.9. The summed E-state index contributed by atoms with van der Waals surface area (Å²) >= 11 is 1.49. The van der Waals surface area contributed by atoms with Gasteiger partial charge in [-0.2, -0.15) is 4.98 Å². The molecule has 0 aliphatic heterocycles. The largest absolute Gasteiger partial charge is 0.365 e. The zero-order valence-electron chi connectivity index (χ0n) is 13.2. The first kappa shape index (κ1) is 15.9. The van der Waals surface area contributed by atoms with Crippen molar-refractivity contribution in [3.8, 4) is 11.4 Å². The molecule has 0 bridgehead atoms. The summed E-state index contributed by atoms with van der Waals surface area (Å²) in [6.45, 7) is 2.06. The smallest absolute Gasteiger partial charge is 0.319 e. The maximum absolute atomic E-state index is 12.1. The minimum Gasteiger partial charge on any atom is -0.365 e. The van der Waals surface area contributed by atoms with Crippen LogP contribution in [0.4, 0.5) is 15.6 Å². The van der Waals surface area contributed by atoms with Gasteiger partial charge in [-0.3, -0.25) is 0 Å². The van der Waals surface area contributed by atoms with Crippen molar-refractivity contribution in [2.24, 2.45) is 0 Å². The van der Waals surface area contributed by atoms with Crippen LogP contribution in [0, 0.1) is 6.92 Å². The molecule has 2 aromatic heterocycles. The summed E-state index contributed by atoms with van der Waals surface area (Å²) in [6, 6.07) is 6.94. The maximum atomic E-state index is 12.1. The van der Waals surface area contributed by atoms with Crippen molar-refractivity contribution < 1.29 is 9.32 Å². The maximum Gasteiger partial charge on any atom is 0.319 e.